The van der Waals surface area contributed by atoms with Gasteiger partial charge in [-0.3, -0.25) is 4.79 Å². The number of carbonyl (C=O) groups excluding carboxylic acids is 1. The smallest absolute Gasteiger partial charge is 0.226 e. The quantitative estimate of drug-likeness (QED) is 0.171. The molecule has 1 aliphatic heterocycles. The summed E-state index contributed by atoms with van der Waals surface area (Å²) in [6, 6.07) is 21.1. The molecule has 5 aromatic rings. The van der Waals surface area contributed by atoms with Gasteiger partial charge in [-0.1, -0.05) is 38.1 Å². The summed E-state index contributed by atoms with van der Waals surface area (Å²) in [4.78, 5) is 17.9. The molecule has 43 heavy (non-hydrogen) atoms. The Labute approximate surface area is 254 Å². The number of hydrogen-bond donors (Lipinski definition) is 2. The van der Waals surface area contributed by atoms with Crippen LogP contribution in [0.4, 0.5) is 10.1 Å². The lowest BCUT2D eigenvalue weighted by Gasteiger charge is -2.20. The number of fused-ring (bicyclic) bond motifs is 2. The summed E-state index contributed by atoms with van der Waals surface area (Å²) in [6.07, 6.45) is 0.968. The van der Waals surface area contributed by atoms with E-state index >= 15 is 0 Å². The van der Waals surface area contributed by atoms with Crippen LogP contribution >= 0.6 is 11.3 Å². The van der Waals surface area contributed by atoms with Gasteiger partial charge < -0.3 is 20.1 Å². The maximum Gasteiger partial charge on any atom is 0.226 e. The number of nitrogens with one attached hydrogen (secondary N) is 2. The average Bonchev–Trinajstić information content (AvgIpc) is 3.51. The number of anilines is 1. The topological polar surface area (TPSA) is 72.5 Å². The lowest BCUT2D eigenvalue weighted by atomic mass is 9.93. The summed E-state index contributed by atoms with van der Waals surface area (Å²) in [5, 5.41) is 9.55. The van der Waals surface area contributed by atoms with E-state index in [-0.39, 0.29) is 24.2 Å². The molecule has 0 atom stereocenters. The number of methoxy groups -OCH3 is 1. The van der Waals surface area contributed by atoms with Crippen LogP contribution in [-0.2, 0) is 22.5 Å². The second-order valence-corrected chi connectivity index (χ2v) is 11.9. The van der Waals surface area contributed by atoms with Crippen molar-refractivity contribution in [1.29, 1.82) is 0 Å². The van der Waals surface area contributed by atoms with Gasteiger partial charge in [0.15, 0.2) is 0 Å². The van der Waals surface area contributed by atoms with Crippen molar-refractivity contribution in [2.24, 2.45) is 5.92 Å². The van der Waals surface area contributed by atoms with Gasteiger partial charge in [-0.25, -0.2) is 9.37 Å². The van der Waals surface area contributed by atoms with Crippen molar-refractivity contribution in [2.45, 2.75) is 26.8 Å². The van der Waals surface area contributed by atoms with Crippen LogP contribution < -0.4 is 15.4 Å². The SMILES string of the molecule is COCCOc1cc(F)ccc1-c1c(-c2cccc(NC(=O)C(C)C)c2)nc(-c2ccc3c(c2)CCNC3)c2ccsc12. The Balaban J connectivity index is 1.59. The van der Waals surface area contributed by atoms with Crippen LogP contribution in [0.5, 0.6) is 5.75 Å². The lowest BCUT2D eigenvalue weighted by molar-refractivity contribution is -0.118. The predicted molar refractivity (Wildman–Crippen MR) is 172 cm³/mol. The third kappa shape index (κ3) is 6.04. The van der Waals surface area contributed by atoms with Gasteiger partial charge in [0.25, 0.3) is 0 Å². The Morgan fingerprint density at radius 3 is 2.72 bits per heavy atom. The Bertz CT molecular complexity index is 1800. The van der Waals surface area contributed by atoms with Gasteiger partial charge >= 0.3 is 0 Å². The van der Waals surface area contributed by atoms with Crippen LogP contribution in [-0.4, -0.2) is 37.8 Å². The fraction of sp³-hybridized carbons (Fsp3) is 0.257. The molecule has 0 bridgehead atoms. The maximum absolute atomic E-state index is 14.5. The molecule has 2 aromatic heterocycles. The Morgan fingerprint density at radius 2 is 1.88 bits per heavy atom. The van der Waals surface area contributed by atoms with Crippen molar-refractivity contribution in [3.63, 3.8) is 0 Å². The fourth-order valence-corrected chi connectivity index (χ4v) is 6.37. The predicted octanol–water partition coefficient (Wildman–Crippen LogP) is 7.70. The van der Waals surface area contributed by atoms with Gasteiger partial charge in [-0.2, -0.15) is 0 Å². The van der Waals surface area contributed by atoms with E-state index < -0.39 is 0 Å². The zero-order valence-corrected chi connectivity index (χ0v) is 25.3. The molecule has 0 fully saturated rings. The van der Waals surface area contributed by atoms with Gasteiger partial charge in [0.1, 0.15) is 18.2 Å². The number of ether oxygens (including phenoxy) is 2. The molecule has 0 saturated carbocycles. The van der Waals surface area contributed by atoms with E-state index in [1.54, 1.807) is 24.5 Å². The normalized spacial score (nSPS) is 12.9. The van der Waals surface area contributed by atoms with E-state index in [0.717, 1.165) is 63.2 Å². The molecule has 2 N–H and O–H groups in total. The molecule has 3 aromatic carbocycles. The van der Waals surface area contributed by atoms with E-state index in [0.29, 0.717) is 18.0 Å². The van der Waals surface area contributed by atoms with Crippen molar-refractivity contribution < 1.29 is 18.7 Å². The van der Waals surface area contributed by atoms with E-state index in [1.807, 2.05) is 38.1 Å². The number of pyridine rings is 1. The lowest BCUT2D eigenvalue weighted by Crippen LogP contribution is -2.23. The zero-order chi connectivity index (χ0) is 29.9. The molecule has 6 rings (SSSR count). The van der Waals surface area contributed by atoms with Crippen LogP contribution in [0.15, 0.2) is 72.1 Å². The number of thiophene rings is 1. The van der Waals surface area contributed by atoms with Crippen LogP contribution in [0.25, 0.3) is 43.7 Å². The van der Waals surface area contributed by atoms with Gasteiger partial charge in [0, 0.05) is 63.7 Å². The molecule has 220 valence electrons. The highest BCUT2D eigenvalue weighted by atomic mass is 32.1. The molecule has 6 nitrogen and oxygen atoms in total. The summed E-state index contributed by atoms with van der Waals surface area (Å²) < 4.78 is 26.8. The minimum absolute atomic E-state index is 0.0596. The van der Waals surface area contributed by atoms with Crippen molar-refractivity contribution in [2.75, 3.05) is 32.2 Å². The van der Waals surface area contributed by atoms with E-state index in [4.69, 9.17) is 14.5 Å². The monoisotopic (exact) mass is 595 g/mol. The third-order valence-corrected chi connectivity index (χ3v) is 8.59. The van der Waals surface area contributed by atoms with Crippen LogP contribution in [0, 0.1) is 11.7 Å². The van der Waals surface area contributed by atoms with Crippen molar-refractivity contribution in [3.8, 4) is 39.4 Å². The zero-order valence-electron chi connectivity index (χ0n) is 24.5. The number of halogens is 1. The number of nitrogens with zero attached hydrogens (tertiary/aromatic N) is 1. The van der Waals surface area contributed by atoms with Crippen LogP contribution in [0.2, 0.25) is 0 Å². The van der Waals surface area contributed by atoms with Crippen LogP contribution in [0.3, 0.4) is 0 Å². The van der Waals surface area contributed by atoms with E-state index in [9.17, 15) is 9.18 Å². The minimum atomic E-state index is -0.383. The first kappa shape index (κ1) is 29.0. The highest BCUT2D eigenvalue weighted by Crippen LogP contribution is 2.46. The number of rotatable bonds is 9. The minimum Gasteiger partial charge on any atom is -0.490 e. The second-order valence-electron chi connectivity index (χ2n) is 11.0. The largest absolute Gasteiger partial charge is 0.490 e. The molecule has 0 saturated heterocycles. The molecule has 0 aliphatic carbocycles. The summed E-state index contributed by atoms with van der Waals surface area (Å²) in [5.74, 6) is -0.174. The first-order chi connectivity index (χ1) is 20.9. The number of aromatic nitrogens is 1. The molecule has 8 heteroatoms. The fourth-order valence-electron chi connectivity index (χ4n) is 5.42. The van der Waals surface area contributed by atoms with Crippen molar-refractivity contribution in [1.82, 2.24) is 10.3 Å². The molecule has 1 aliphatic rings. The standard InChI is InChI=1S/C35H34FN3O3S/c1-21(2)35(40)38-27-6-4-5-23(18-27)33-31(28-10-9-26(36)19-30(28)42-15-14-41-3)34-29(12-16-43-34)32(39-33)24-7-8-25-20-37-13-11-22(25)17-24/h4-10,12,16-19,21,37H,11,13-15,20H2,1-3H3,(H,38,40). The maximum atomic E-state index is 14.5. The molecule has 0 spiro atoms. The molecule has 0 radical (unpaired) electrons. The van der Waals surface area contributed by atoms with Gasteiger partial charge in [0.2, 0.25) is 5.91 Å². The average molecular weight is 596 g/mol. The van der Waals surface area contributed by atoms with Crippen LogP contribution in [0.1, 0.15) is 25.0 Å². The highest BCUT2D eigenvalue weighted by molar-refractivity contribution is 7.18. The number of carbonyl (C=O) groups is 1. The summed E-state index contributed by atoms with van der Waals surface area (Å²) >= 11 is 1.62. The van der Waals surface area contributed by atoms with E-state index in [1.165, 1.54) is 23.3 Å². The number of hydrogen-bond acceptors (Lipinski definition) is 6. The first-order valence-electron chi connectivity index (χ1n) is 14.5. The van der Waals surface area contributed by atoms with E-state index in [2.05, 4.69) is 40.3 Å². The first-order valence-corrected chi connectivity index (χ1v) is 15.4. The van der Waals surface area contributed by atoms with Gasteiger partial charge in [-0.15, -0.1) is 11.3 Å². The Kier molecular flexibility index (Phi) is 8.51. The summed E-state index contributed by atoms with van der Waals surface area (Å²) in [7, 11) is 1.61. The van der Waals surface area contributed by atoms with Gasteiger partial charge in [0.05, 0.1) is 18.0 Å². The Morgan fingerprint density at radius 1 is 1.02 bits per heavy atom. The van der Waals surface area contributed by atoms with Crippen molar-refractivity contribution >= 4 is 33.0 Å². The highest BCUT2D eigenvalue weighted by Gasteiger charge is 2.23. The van der Waals surface area contributed by atoms with Gasteiger partial charge in [-0.05, 0) is 65.9 Å². The number of amides is 1. The molecule has 1 amide bonds. The molecular formula is C35H34FN3O3S. The number of benzene rings is 3. The Hall–Kier alpha value is -4.11. The van der Waals surface area contributed by atoms with Crippen molar-refractivity contribution in [3.05, 3.63) is 89.1 Å². The third-order valence-electron chi connectivity index (χ3n) is 7.66. The summed E-state index contributed by atoms with van der Waals surface area (Å²) in [6.45, 7) is 6.20. The second kappa shape index (κ2) is 12.6. The molecule has 3 heterocycles. The molecular weight excluding hydrogens is 561 g/mol. The molecule has 0 unspecified atom stereocenters. The summed E-state index contributed by atoms with van der Waals surface area (Å²) in [5.41, 5.74) is 8.44.